The van der Waals surface area contributed by atoms with Crippen LogP contribution in [0, 0.1) is 0 Å². The van der Waals surface area contributed by atoms with E-state index in [-0.39, 0.29) is 0 Å². The van der Waals surface area contributed by atoms with E-state index in [0.29, 0.717) is 18.2 Å². The van der Waals surface area contributed by atoms with Crippen LogP contribution in [-0.2, 0) is 0 Å². The average molecular weight is 294 g/mol. The Labute approximate surface area is 126 Å². The first-order valence-electron chi connectivity index (χ1n) is 7.70. The first-order valence-corrected chi connectivity index (χ1v) is 8.58. The summed E-state index contributed by atoms with van der Waals surface area (Å²) in [6, 6.07) is 4.58. The second-order valence-corrected chi connectivity index (χ2v) is 6.60. The van der Waals surface area contributed by atoms with Crippen LogP contribution in [0.3, 0.4) is 0 Å². The first kappa shape index (κ1) is 15.7. The number of carbonyl (C=O) groups excluding carboxylic acids is 1. The summed E-state index contributed by atoms with van der Waals surface area (Å²) in [5.41, 5.74) is 0. The van der Waals surface area contributed by atoms with Crippen molar-refractivity contribution in [1.82, 2.24) is 9.80 Å². The predicted octanol–water partition coefficient (Wildman–Crippen LogP) is 3.13. The molecule has 0 radical (unpaired) electrons. The minimum atomic E-state index is 0.300. The van der Waals surface area contributed by atoms with Gasteiger partial charge in [0.1, 0.15) is 0 Å². The van der Waals surface area contributed by atoms with E-state index in [1.54, 1.807) is 11.3 Å². The monoisotopic (exact) mass is 294 g/mol. The fourth-order valence-corrected chi connectivity index (χ4v) is 3.60. The number of rotatable bonds is 7. The van der Waals surface area contributed by atoms with E-state index in [1.165, 1.54) is 32.5 Å². The van der Waals surface area contributed by atoms with E-state index < -0.39 is 0 Å². The van der Waals surface area contributed by atoms with E-state index in [1.807, 2.05) is 17.5 Å². The fourth-order valence-electron chi connectivity index (χ4n) is 2.91. The van der Waals surface area contributed by atoms with E-state index in [0.717, 1.165) is 17.8 Å². The largest absolute Gasteiger partial charge is 0.303 e. The molecule has 4 heteroatoms. The van der Waals surface area contributed by atoms with Crippen molar-refractivity contribution >= 4 is 17.1 Å². The standard InChI is InChI=1S/C16H26N2OS/c1-3-18-11-8-14(9-12-18)17(2)10-4-6-15(19)16-7-5-13-20-16/h5,7,13-14H,3-4,6,8-12H2,1-2H3. The summed E-state index contributed by atoms with van der Waals surface area (Å²) in [6.07, 6.45) is 4.19. The van der Waals surface area contributed by atoms with Gasteiger partial charge in [0.15, 0.2) is 5.78 Å². The minimum absolute atomic E-state index is 0.300. The number of hydrogen-bond acceptors (Lipinski definition) is 4. The molecule has 0 aliphatic carbocycles. The van der Waals surface area contributed by atoms with Gasteiger partial charge in [0.2, 0.25) is 0 Å². The SMILES string of the molecule is CCN1CCC(N(C)CCCC(=O)c2cccs2)CC1. The van der Waals surface area contributed by atoms with Gasteiger partial charge >= 0.3 is 0 Å². The number of carbonyl (C=O) groups is 1. The molecular weight excluding hydrogens is 268 g/mol. The molecule has 2 heterocycles. The topological polar surface area (TPSA) is 23.6 Å². The molecule has 0 unspecified atom stereocenters. The van der Waals surface area contributed by atoms with Crippen LogP contribution in [0.15, 0.2) is 17.5 Å². The summed E-state index contributed by atoms with van der Waals surface area (Å²) >= 11 is 1.55. The van der Waals surface area contributed by atoms with Crippen molar-refractivity contribution in [2.24, 2.45) is 0 Å². The van der Waals surface area contributed by atoms with Gasteiger partial charge in [-0.1, -0.05) is 13.0 Å². The third-order valence-corrected chi connectivity index (χ3v) is 5.25. The molecule has 0 aromatic carbocycles. The molecule has 0 amide bonds. The van der Waals surface area contributed by atoms with Crippen LogP contribution in [0.25, 0.3) is 0 Å². The number of thiophene rings is 1. The molecular formula is C16H26N2OS. The number of likely N-dealkylation sites (tertiary alicyclic amines) is 1. The molecule has 2 rings (SSSR count). The summed E-state index contributed by atoms with van der Waals surface area (Å²) in [5, 5.41) is 1.97. The van der Waals surface area contributed by atoms with Crippen LogP contribution in [-0.4, -0.2) is 54.9 Å². The highest BCUT2D eigenvalue weighted by atomic mass is 32.1. The fraction of sp³-hybridized carbons (Fsp3) is 0.688. The molecule has 1 saturated heterocycles. The first-order chi connectivity index (χ1) is 9.70. The third kappa shape index (κ3) is 4.40. The Kier molecular flexibility index (Phi) is 6.20. The van der Waals surface area contributed by atoms with E-state index >= 15 is 0 Å². The Morgan fingerprint density at radius 1 is 1.45 bits per heavy atom. The van der Waals surface area contributed by atoms with Crippen LogP contribution < -0.4 is 0 Å². The van der Waals surface area contributed by atoms with E-state index in [2.05, 4.69) is 23.8 Å². The molecule has 20 heavy (non-hydrogen) atoms. The van der Waals surface area contributed by atoms with Crippen molar-refractivity contribution in [2.45, 2.75) is 38.6 Å². The lowest BCUT2D eigenvalue weighted by Crippen LogP contribution is -2.43. The van der Waals surface area contributed by atoms with Crippen molar-refractivity contribution in [3.05, 3.63) is 22.4 Å². The van der Waals surface area contributed by atoms with Crippen LogP contribution in [0.2, 0.25) is 0 Å². The zero-order valence-corrected chi connectivity index (χ0v) is 13.5. The van der Waals surface area contributed by atoms with Crippen molar-refractivity contribution in [3.63, 3.8) is 0 Å². The van der Waals surface area contributed by atoms with Crippen molar-refractivity contribution in [1.29, 1.82) is 0 Å². The van der Waals surface area contributed by atoms with Gasteiger partial charge in [0, 0.05) is 12.5 Å². The molecule has 1 aliphatic rings. The number of ketones is 1. The van der Waals surface area contributed by atoms with Gasteiger partial charge in [-0.3, -0.25) is 4.79 Å². The predicted molar refractivity (Wildman–Crippen MR) is 85.6 cm³/mol. The highest BCUT2D eigenvalue weighted by molar-refractivity contribution is 7.12. The lowest BCUT2D eigenvalue weighted by molar-refractivity contribution is 0.0966. The van der Waals surface area contributed by atoms with E-state index in [9.17, 15) is 4.79 Å². The van der Waals surface area contributed by atoms with Crippen molar-refractivity contribution < 1.29 is 4.79 Å². The zero-order chi connectivity index (χ0) is 14.4. The molecule has 0 spiro atoms. The maximum atomic E-state index is 11.9. The highest BCUT2D eigenvalue weighted by Crippen LogP contribution is 2.16. The maximum Gasteiger partial charge on any atom is 0.172 e. The average Bonchev–Trinajstić information content (AvgIpc) is 3.01. The van der Waals surface area contributed by atoms with Gasteiger partial charge in [0.25, 0.3) is 0 Å². The smallest absolute Gasteiger partial charge is 0.172 e. The highest BCUT2D eigenvalue weighted by Gasteiger charge is 2.21. The summed E-state index contributed by atoms with van der Waals surface area (Å²) in [7, 11) is 2.21. The Balaban J connectivity index is 1.65. The van der Waals surface area contributed by atoms with Crippen LogP contribution in [0.1, 0.15) is 42.3 Å². The summed E-state index contributed by atoms with van der Waals surface area (Å²) in [6.45, 7) is 6.89. The molecule has 112 valence electrons. The Bertz CT molecular complexity index is 397. The minimum Gasteiger partial charge on any atom is -0.303 e. The number of nitrogens with zero attached hydrogens (tertiary/aromatic N) is 2. The lowest BCUT2D eigenvalue weighted by atomic mass is 10.0. The van der Waals surface area contributed by atoms with Gasteiger partial charge in [-0.2, -0.15) is 0 Å². The Morgan fingerprint density at radius 3 is 2.80 bits per heavy atom. The second-order valence-electron chi connectivity index (χ2n) is 5.65. The number of piperidine rings is 1. The molecule has 0 N–H and O–H groups in total. The van der Waals surface area contributed by atoms with Gasteiger partial charge in [-0.15, -0.1) is 11.3 Å². The lowest BCUT2D eigenvalue weighted by Gasteiger charge is -2.36. The maximum absolute atomic E-state index is 11.9. The quantitative estimate of drug-likeness (QED) is 0.722. The van der Waals surface area contributed by atoms with Crippen molar-refractivity contribution in [2.75, 3.05) is 33.2 Å². The van der Waals surface area contributed by atoms with Gasteiger partial charge in [0.05, 0.1) is 4.88 Å². The molecule has 3 nitrogen and oxygen atoms in total. The molecule has 1 fully saturated rings. The number of Topliss-reactive ketones (excluding diaryl/α,β-unsaturated/α-hetero) is 1. The summed E-state index contributed by atoms with van der Waals surface area (Å²) in [5.74, 6) is 0.300. The van der Waals surface area contributed by atoms with Crippen molar-refractivity contribution in [3.8, 4) is 0 Å². The van der Waals surface area contributed by atoms with E-state index in [4.69, 9.17) is 0 Å². The van der Waals surface area contributed by atoms with Gasteiger partial charge in [-0.05, 0) is 63.9 Å². The Hall–Kier alpha value is -0.710. The second kappa shape index (κ2) is 7.91. The summed E-state index contributed by atoms with van der Waals surface area (Å²) < 4.78 is 0. The third-order valence-electron chi connectivity index (χ3n) is 4.34. The molecule has 0 saturated carbocycles. The molecule has 1 aliphatic heterocycles. The molecule has 1 aromatic rings. The Morgan fingerprint density at radius 2 is 2.20 bits per heavy atom. The molecule has 1 aromatic heterocycles. The molecule has 0 atom stereocenters. The van der Waals surface area contributed by atoms with Gasteiger partial charge < -0.3 is 9.80 Å². The number of hydrogen-bond donors (Lipinski definition) is 0. The van der Waals surface area contributed by atoms with Crippen LogP contribution >= 0.6 is 11.3 Å². The van der Waals surface area contributed by atoms with Crippen LogP contribution in [0.5, 0.6) is 0 Å². The normalized spacial score (nSPS) is 17.8. The summed E-state index contributed by atoms with van der Waals surface area (Å²) in [4.78, 5) is 17.8. The zero-order valence-electron chi connectivity index (χ0n) is 12.7. The van der Waals surface area contributed by atoms with Gasteiger partial charge in [-0.25, -0.2) is 0 Å². The van der Waals surface area contributed by atoms with Crippen LogP contribution in [0.4, 0.5) is 0 Å². The molecule has 0 bridgehead atoms.